The topological polar surface area (TPSA) is 66.5 Å². The number of hydrogen-bond donors (Lipinski definition) is 1. The van der Waals surface area contributed by atoms with Gasteiger partial charge < -0.3 is 5.32 Å². The quantitative estimate of drug-likeness (QED) is 0.369. The molecule has 0 aromatic heterocycles. The van der Waals surface area contributed by atoms with Crippen molar-refractivity contribution in [2.24, 2.45) is 23.7 Å². The lowest BCUT2D eigenvalue weighted by molar-refractivity contribution is -0.00277. The maximum atomic E-state index is 13.0. The molecule has 5 nitrogen and oxygen atoms in total. The summed E-state index contributed by atoms with van der Waals surface area (Å²) in [6, 6.07) is 23.0. The van der Waals surface area contributed by atoms with E-state index in [2.05, 4.69) is 17.4 Å². The fraction of sp³-hybridized carbons (Fsp3) is 0.406. The van der Waals surface area contributed by atoms with Crippen LogP contribution in [0, 0.1) is 30.6 Å². The Labute approximate surface area is 226 Å². The third-order valence-electron chi connectivity index (χ3n) is 9.17. The van der Waals surface area contributed by atoms with Gasteiger partial charge in [-0.15, -0.1) is 0 Å². The van der Waals surface area contributed by atoms with Crippen LogP contribution in [0.3, 0.4) is 0 Å². The molecule has 198 valence electrons. The van der Waals surface area contributed by atoms with Crippen molar-refractivity contribution in [3.8, 4) is 0 Å². The first-order valence-electron chi connectivity index (χ1n) is 13.8. The summed E-state index contributed by atoms with van der Waals surface area (Å²) >= 11 is 0. The van der Waals surface area contributed by atoms with E-state index in [1.54, 1.807) is 24.3 Å². The summed E-state index contributed by atoms with van der Waals surface area (Å²) in [5.41, 5.74) is 5.21. The molecule has 0 radical (unpaired) electrons. The third-order valence-corrected chi connectivity index (χ3v) is 10.3. The van der Waals surface area contributed by atoms with Crippen LogP contribution in [0.2, 0.25) is 0 Å². The lowest BCUT2D eigenvalue weighted by Crippen LogP contribution is -2.43. The summed E-state index contributed by atoms with van der Waals surface area (Å²) in [5, 5.41) is 3.01. The molecule has 4 aliphatic carbocycles. The van der Waals surface area contributed by atoms with E-state index in [0.717, 1.165) is 40.5 Å². The molecule has 3 aromatic rings. The molecule has 7 rings (SSSR count). The molecule has 4 bridgehead atoms. The molecule has 0 aliphatic heterocycles. The Morgan fingerprint density at radius 3 is 2.03 bits per heavy atom. The van der Waals surface area contributed by atoms with E-state index in [1.165, 1.54) is 48.2 Å². The highest BCUT2D eigenvalue weighted by Crippen LogP contribution is 2.59. The maximum absolute atomic E-state index is 13.0. The second-order valence-electron chi connectivity index (χ2n) is 11.8. The predicted octanol–water partition coefficient (Wildman–Crippen LogP) is 6.75. The Balaban J connectivity index is 1.13. The molecule has 0 unspecified atom stereocenters. The second kappa shape index (κ2) is 9.88. The minimum absolute atomic E-state index is 0.205. The number of aryl methyl sites for hydroxylation is 1. The number of nitrogens with one attached hydrogen (secondary N) is 1. The number of sulfonamides is 1. The summed E-state index contributed by atoms with van der Waals surface area (Å²) < 4.78 is 26.5. The van der Waals surface area contributed by atoms with E-state index < -0.39 is 10.0 Å². The van der Waals surface area contributed by atoms with Crippen LogP contribution >= 0.6 is 0 Å². The van der Waals surface area contributed by atoms with Gasteiger partial charge in [0.1, 0.15) is 0 Å². The van der Waals surface area contributed by atoms with E-state index in [-0.39, 0.29) is 12.5 Å². The molecule has 4 saturated carbocycles. The first-order valence-corrected chi connectivity index (χ1v) is 15.6. The SMILES string of the molecule is Cc1ccccc1CN(c1ccc(C(=O)Nc2ccc(C3C4CC5CC(C4)CC3C5)cc2)cc1)S(C)(=O)=O. The van der Waals surface area contributed by atoms with Crippen LogP contribution in [0.4, 0.5) is 11.4 Å². The summed E-state index contributed by atoms with van der Waals surface area (Å²) in [6.45, 7) is 2.21. The standard InChI is InChI=1S/C32H36N2O3S/c1-21-5-3-4-6-26(21)20-34(38(2,36)37)30-13-9-25(10-14-30)32(35)33-29-11-7-24(8-12-29)31-27-16-22-15-23(18-27)19-28(31)17-22/h3-14,22-23,27-28,31H,15-20H2,1-2H3,(H,33,35). The number of hydrogen-bond acceptors (Lipinski definition) is 3. The fourth-order valence-electron chi connectivity index (χ4n) is 7.58. The number of nitrogens with zero attached hydrogens (tertiary/aromatic N) is 1. The van der Waals surface area contributed by atoms with Crippen molar-refractivity contribution in [1.82, 2.24) is 0 Å². The molecule has 0 heterocycles. The Bertz CT molecular complexity index is 1400. The highest BCUT2D eigenvalue weighted by Gasteiger charge is 2.48. The average Bonchev–Trinajstić information content (AvgIpc) is 2.88. The smallest absolute Gasteiger partial charge is 0.255 e. The van der Waals surface area contributed by atoms with E-state index in [0.29, 0.717) is 17.2 Å². The Morgan fingerprint density at radius 2 is 1.45 bits per heavy atom. The monoisotopic (exact) mass is 528 g/mol. The molecule has 6 heteroatoms. The largest absolute Gasteiger partial charge is 0.322 e. The van der Waals surface area contributed by atoms with Crippen LogP contribution < -0.4 is 9.62 Å². The summed E-state index contributed by atoms with van der Waals surface area (Å²) in [5.74, 6) is 4.07. The summed E-state index contributed by atoms with van der Waals surface area (Å²) in [4.78, 5) is 13.0. The van der Waals surface area contributed by atoms with Gasteiger partial charge in [0.15, 0.2) is 0 Å². The molecular formula is C32H36N2O3S. The van der Waals surface area contributed by atoms with Crippen LogP contribution in [-0.2, 0) is 16.6 Å². The van der Waals surface area contributed by atoms with Gasteiger partial charge >= 0.3 is 0 Å². The normalized spacial score (nSPS) is 25.8. The van der Waals surface area contributed by atoms with E-state index in [4.69, 9.17) is 0 Å². The zero-order valence-corrected chi connectivity index (χ0v) is 23.0. The van der Waals surface area contributed by atoms with Gasteiger partial charge in [-0.2, -0.15) is 0 Å². The number of benzene rings is 3. The van der Waals surface area contributed by atoms with Crippen LogP contribution in [0.15, 0.2) is 72.8 Å². The van der Waals surface area contributed by atoms with E-state index in [1.807, 2.05) is 43.3 Å². The number of amides is 1. The first-order chi connectivity index (χ1) is 18.2. The van der Waals surface area contributed by atoms with Crippen LogP contribution in [0.25, 0.3) is 0 Å². The molecule has 4 aliphatic rings. The van der Waals surface area contributed by atoms with Gasteiger partial charge in [0.25, 0.3) is 5.91 Å². The molecule has 1 amide bonds. The fourth-order valence-corrected chi connectivity index (χ4v) is 8.46. The minimum Gasteiger partial charge on any atom is -0.322 e. The van der Waals surface area contributed by atoms with Gasteiger partial charge in [-0.05, 0) is 122 Å². The van der Waals surface area contributed by atoms with Gasteiger partial charge in [-0.3, -0.25) is 9.10 Å². The Hall–Kier alpha value is -3.12. The zero-order valence-electron chi connectivity index (χ0n) is 22.1. The van der Waals surface area contributed by atoms with Crippen molar-refractivity contribution in [2.75, 3.05) is 15.9 Å². The molecular weight excluding hydrogens is 492 g/mol. The second-order valence-corrected chi connectivity index (χ2v) is 13.7. The van der Waals surface area contributed by atoms with Crippen molar-refractivity contribution in [2.45, 2.75) is 51.5 Å². The van der Waals surface area contributed by atoms with E-state index in [9.17, 15) is 13.2 Å². The lowest BCUT2D eigenvalue weighted by Gasteiger charge is -2.54. The molecule has 0 saturated heterocycles. The summed E-state index contributed by atoms with van der Waals surface area (Å²) in [6.07, 6.45) is 8.26. The molecule has 0 spiro atoms. The highest BCUT2D eigenvalue weighted by molar-refractivity contribution is 7.92. The van der Waals surface area contributed by atoms with Crippen molar-refractivity contribution in [1.29, 1.82) is 0 Å². The molecule has 4 fully saturated rings. The molecule has 0 atom stereocenters. The Morgan fingerprint density at radius 1 is 0.842 bits per heavy atom. The average molecular weight is 529 g/mol. The Kier molecular flexibility index (Phi) is 6.55. The van der Waals surface area contributed by atoms with Gasteiger partial charge in [0, 0.05) is 11.3 Å². The van der Waals surface area contributed by atoms with Gasteiger partial charge in [0.2, 0.25) is 10.0 Å². The van der Waals surface area contributed by atoms with Gasteiger partial charge in [-0.1, -0.05) is 36.4 Å². The maximum Gasteiger partial charge on any atom is 0.255 e. The van der Waals surface area contributed by atoms with Crippen LogP contribution in [0.5, 0.6) is 0 Å². The molecule has 1 N–H and O–H groups in total. The zero-order chi connectivity index (χ0) is 26.4. The molecule has 3 aromatic carbocycles. The van der Waals surface area contributed by atoms with Crippen molar-refractivity contribution in [3.05, 3.63) is 95.1 Å². The van der Waals surface area contributed by atoms with Gasteiger partial charge in [-0.25, -0.2) is 8.42 Å². The van der Waals surface area contributed by atoms with Crippen LogP contribution in [-0.4, -0.2) is 20.6 Å². The van der Waals surface area contributed by atoms with E-state index >= 15 is 0 Å². The highest BCUT2D eigenvalue weighted by atomic mass is 32.2. The van der Waals surface area contributed by atoms with Crippen molar-refractivity contribution in [3.63, 3.8) is 0 Å². The number of carbonyl (C=O) groups is 1. The number of rotatable bonds is 7. The third kappa shape index (κ3) is 4.98. The van der Waals surface area contributed by atoms with Crippen molar-refractivity contribution < 1.29 is 13.2 Å². The van der Waals surface area contributed by atoms with Crippen molar-refractivity contribution >= 4 is 27.3 Å². The first kappa shape index (κ1) is 25.2. The predicted molar refractivity (Wildman–Crippen MR) is 153 cm³/mol. The number of carbonyl (C=O) groups excluding carboxylic acids is 1. The van der Waals surface area contributed by atoms with Gasteiger partial charge in [0.05, 0.1) is 18.5 Å². The molecule has 38 heavy (non-hydrogen) atoms. The summed E-state index contributed by atoms with van der Waals surface area (Å²) in [7, 11) is -3.50. The lowest BCUT2D eigenvalue weighted by atomic mass is 9.51. The number of anilines is 2. The minimum atomic E-state index is -3.50. The van der Waals surface area contributed by atoms with Crippen LogP contribution in [0.1, 0.15) is 65.1 Å².